The van der Waals surface area contributed by atoms with Crippen LogP contribution in [0.15, 0.2) is 47.2 Å². The third-order valence-electron chi connectivity index (χ3n) is 3.19. The molecule has 0 aliphatic carbocycles. The molecule has 0 amide bonds. The van der Waals surface area contributed by atoms with Gasteiger partial charge in [0.1, 0.15) is 11.5 Å². The molecule has 0 unspecified atom stereocenters. The van der Waals surface area contributed by atoms with Crippen molar-refractivity contribution in [3.63, 3.8) is 0 Å². The summed E-state index contributed by atoms with van der Waals surface area (Å²) < 4.78 is 57.0. The summed E-state index contributed by atoms with van der Waals surface area (Å²) in [6, 6.07) is 5.34. The minimum atomic E-state index is -4.68. The molecular formula is C15H9F4N3O. The van der Waals surface area contributed by atoms with Crippen molar-refractivity contribution in [3.05, 3.63) is 54.1 Å². The Morgan fingerprint density at radius 3 is 2.35 bits per heavy atom. The normalized spacial score (nSPS) is 11.7. The second-order valence-electron chi connectivity index (χ2n) is 4.73. The standard InChI is InChI=1S/C15H9F4N3O/c16-11-6-9(5-10(7-11)15(17,18)19)13-12(14(20)23-22-13)8-1-3-21-4-2-8/h1-7H,20H2. The van der Waals surface area contributed by atoms with Crippen molar-refractivity contribution in [1.82, 2.24) is 10.1 Å². The van der Waals surface area contributed by atoms with E-state index in [4.69, 9.17) is 10.3 Å². The second-order valence-corrected chi connectivity index (χ2v) is 4.73. The highest BCUT2D eigenvalue weighted by atomic mass is 19.4. The lowest BCUT2D eigenvalue weighted by molar-refractivity contribution is -0.137. The van der Waals surface area contributed by atoms with E-state index in [2.05, 4.69) is 10.1 Å². The molecule has 8 heteroatoms. The van der Waals surface area contributed by atoms with Crippen molar-refractivity contribution in [3.8, 4) is 22.4 Å². The number of alkyl halides is 3. The topological polar surface area (TPSA) is 64.9 Å². The van der Waals surface area contributed by atoms with Gasteiger partial charge in [0.15, 0.2) is 0 Å². The summed E-state index contributed by atoms with van der Waals surface area (Å²) in [6.45, 7) is 0. The molecule has 2 aromatic heterocycles. The van der Waals surface area contributed by atoms with Gasteiger partial charge < -0.3 is 10.3 Å². The molecule has 3 aromatic rings. The first-order valence-corrected chi connectivity index (χ1v) is 6.40. The number of hydrogen-bond donors (Lipinski definition) is 1. The fourth-order valence-electron chi connectivity index (χ4n) is 2.19. The summed E-state index contributed by atoms with van der Waals surface area (Å²) in [4.78, 5) is 3.85. The minimum Gasteiger partial charge on any atom is -0.367 e. The number of pyridine rings is 1. The molecule has 0 aliphatic heterocycles. The average Bonchev–Trinajstić information content (AvgIpc) is 2.88. The fraction of sp³-hybridized carbons (Fsp3) is 0.0667. The Hall–Kier alpha value is -2.90. The molecule has 2 N–H and O–H groups in total. The first-order chi connectivity index (χ1) is 10.9. The Kier molecular flexibility index (Phi) is 3.51. The fourth-order valence-corrected chi connectivity index (χ4v) is 2.19. The maximum Gasteiger partial charge on any atom is 0.416 e. The van der Waals surface area contributed by atoms with Gasteiger partial charge >= 0.3 is 6.18 Å². The van der Waals surface area contributed by atoms with E-state index in [1.54, 1.807) is 12.1 Å². The number of anilines is 1. The largest absolute Gasteiger partial charge is 0.416 e. The number of nitrogens with two attached hydrogens (primary N) is 1. The lowest BCUT2D eigenvalue weighted by atomic mass is 10.00. The quantitative estimate of drug-likeness (QED) is 0.720. The zero-order valence-corrected chi connectivity index (χ0v) is 11.4. The summed E-state index contributed by atoms with van der Waals surface area (Å²) in [5.41, 5.74) is 5.37. The number of benzene rings is 1. The SMILES string of the molecule is Nc1onc(-c2cc(F)cc(C(F)(F)F)c2)c1-c1ccncc1. The van der Waals surface area contributed by atoms with Crippen molar-refractivity contribution < 1.29 is 22.1 Å². The van der Waals surface area contributed by atoms with Crippen LogP contribution in [0.3, 0.4) is 0 Å². The van der Waals surface area contributed by atoms with Crippen molar-refractivity contribution in [2.45, 2.75) is 6.18 Å². The van der Waals surface area contributed by atoms with E-state index in [0.717, 1.165) is 12.1 Å². The monoisotopic (exact) mass is 323 g/mol. The van der Waals surface area contributed by atoms with Gasteiger partial charge in [-0.3, -0.25) is 4.98 Å². The van der Waals surface area contributed by atoms with E-state index < -0.39 is 17.6 Å². The predicted octanol–water partition coefficient (Wildman–Crippen LogP) is 4.14. The summed E-state index contributed by atoms with van der Waals surface area (Å²) in [5, 5.41) is 3.67. The molecule has 1 aromatic carbocycles. The number of hydrogen-bond acceptors (Lipinski definition) is 4. The number of nitrogen functional groups attached to an aromatic ring is 1. The summed E-state index contributed by atoms with van der Waals surface area (Å²) in [5.74, 6) is -1.11. The first-order valence-electron chi connectivity index (χ1n) is 6.40. The molecule has 0 aliphatic rings. The molecule has 0 fully saturated rings. The van der Waals surface area contributed by atoms with Crippen LogP contribution in [0.4, 0.5) is 23.4 Å². The van der Waals surface area contributed by atoms with Gasteiger partial charge in [-0.25, -0.2) is 4.39 Å². The predicted molar refractivity (Wildman–Crippen MR) is 74.5 cm³/mol. The summed E-state index contributed by atoms with van der Waals surface area (Å²) in [6.07, 6.45) is -1.71. The Labute approximate surface area is 127 Å². The number of nitrogens with zero attached hydrogens (tertiary/aromatic N) is 2. The molecule has 3 rings (SSSR count). The molecule has 0 spiro atoms. The van der Waals surface area contributed by atoms with Crippen molar-refractivity contribution >= 4 is 5.88 Å². The van der Waals surface area contributed by atoms with Crippen LogP contribution in [-0.2, 0) is 6.18 Å². The number of aromatic nitrogens is 2. The zero-order valence-electron chi connectivity index (χ0n) is 11.4. The summed E-state index contributed by atoms with van der Waals surface area (Å²) in [7, 11) is 0. The van der Waals surface area contributed by atoms with Crippen LogP contribution in [0.2, 0.25) is 0 Å². The Balaban J connectivity index is 2.20. The van der Waals surface area contributed by atoms with Gasteiger partial charge in [0.2, 0.25) is 5.88 Å². The molecule has 0 radical (unpaired) electrons. The molecule has 2 heterocycles. The van der Waals surface area contributed by atoms with E-state index >= 15 is 0 Å². The lowest BCUT2D eigenvalue weighted by Crippen LogP contribution is -2.05. The molecule has 0 saturated heterocycles. The van der Waals surface area contributed by atoms with Gasteiger partial charge in [-0.05, 0) is 35.9 Å². The average molecular weight is 323 g/mol. The lowest BCUT2D eigenvalue weighted by Gasteiger charge is -2.09. The Morgan fingerprint density at radius 2 is 1.70 bits per heavy atom. The van der Waals surface area contributed by atoms with Gasteiger partial charge in [0, 0.05) is 18.0 Å². The van der Waals surface area contributed by atoms with Gasteiger partial charge in [-0.1, -0.05) is 5.16 Å². The highest BCUT2D eigenvalue weighted by molar-refractivity contribution is 5.86. The Bertz CT molecular complexity index is 844. The van der Waals surface area contributed by atoms with E-state index in [0.29, 0.717) is 11.6 Å². The molecule has 23 heavy (non-hydrogen) atoms. The highest BCUT2D eigenvalue weighted by Gasteiger charge is 2.32. The van der Waals surface area contributed by atoms with E-state index in [1.807, 2.05) is 0 Å². The van der Waals surface area contributed by atoms with Crippen molar-refractivity contribution in [1.29, 1.82) is 0 Å². The molecule has 118 valence electrons. The maximum absolute atomic E-state index is 13.6. The third-order valence-corrected chi connectivity index (χ3v) is 3.19. The van der Waals surface area contributed by atoms with Crippen LogP contribution < -0.4 is 5.73 Å². The van der Waals surface area contributed by atoms with Crippen LogP contribution in [0.5, 0.6) is 0 Å². The van der Waals surface area contributed by atoms with Gasteiger partial charge in [-0.2, -0.15) is 13.2 Å². The smallest absolute Gasteiger partial charge is 0.367 e. The van der Waals surface area contributed by atoms with Gasteiger partial charge in [0.05, 0.1) is 11.1 Å². The molecule has 4 nitrogen and oxygen atoms in total. The van der Waals surface area contributed by atoms with Crippen molar-refractivity contribution in [2.75, 3.05) is 5.73 Å². The third kappa shape index (κ3) is 2.87. The summed E-state index contributed by atoms with van der Waals surface area (Å²) >= 11 is 0. The molecule has 0 atom stereocenters. The molecule has 0 saturated carbocycles. The van der Waals surface area contributed by atoms with Crippen molar-refractivity contribution in [2.24, 2.45) is 0 Å². The number of rotatable bonds is 2. The first kappa shape index (κ1) is 15.0. The van der Waals surface area contributed by atoms with Crippen LogP contribution in [0.25, 0.3) is 22.4 Å². The molecule has 0 bridgehead atoms. The maximum atomic E-state index is 13.6. The van der Waals surface area contributed by atoms with Gasteiger partial charge in [-0.15, -0.1) is 0 Å². The van der Waals surface area contributed by atoms with E-state index in [-0.39, 0.29) is 22.7 Å². The second kappa shape index (κ2) is 5.38. The minimum absolute atomic E-state index is 0.0266. The van der Waals surface area contributed by atoms with E-state index in [9.17, 15) is 17.6 Å². The highest BCUT2D eigenvalue weighted by Crippen LogP contribution is 2.38. The zero-order chi connectivity index (χ0) is 16.6. The van der Waals surface area contributed by atoms with Crippen LogP contribution >= 0.6 is 0 Å². The van der Waals surface area contributed by atoms with Crippen LogP contribution in [0.1, 0.15) is 5.56 Å². The van der Waals surface area contributed by atoms with Gasteiger partial charge in [0.25, 0.3) is 0 Å². The molecular weight excluding hydrogens is 314 g/mol. The Morgan fingerprint density at radius 1 is 1.00 bits per heavy atom. The van der Waals surface area contributed by atoms with Crippen LogP contribution in [-0.4, -0.2) is 10.1 Å². The number of halogens is 4. The van der Waals surface area contributed by atoms with Crippen LogP contribution in [0, 0.1) is 5.82 Å². The van der Waals surface area contributed by atoms with E-state index in [1.165, 1.54) is 12.4 Å².